The van der Waals surface area contributed by atoms with E-state index in [0.29, 0.717) is 5.92 Å². The predicted molar refractivity (Wildman–Crippen MR) is 292 cm³/mol. The SMILES string of the molecule is CC1(C)c2ccccc2-c2cc(N(c3ccc(-c4cccc5cccc(-c6ccccc6)c45)cc3)c3ccc4c(c3)C3(c5ccccc5-c5ccccc53)c3cc(C5CC6CCC5C6)ccc3-4)ccc21. The van der Waals surface area contributed by atoms with Gasteiger partial charge in [-0.1, -0.05) is 202 Å². The average molecular weight is 896 g/mol. The van der Waals surface area contributed by atoms with E-state index in [4.69, 9.17) is 0 Å². The van der Waals surface area contributed by atoms with Crippen LogP contribution in [0.1, 0.15) is 84.4 Å². The molecule has 1 spiro atoms. The van der Waals surface area contributed by atoms with Crippen molar-refractivity contribution >= 4 is 27.8 Å². The molecule has 2 saturated carbocycles. The van der Waals surface area contributed by atoms with E-state index in [-0.39, 0.29) is 5.41 Å². The average Bonchev–Trinajstić information content (AvgIpc) is 4.23. The Bertz CT molecular complexity index is 3730. The van der Waals surface area contributed by atoms with Crippen LogP contribution in [-0.4, -0.2) is 0 Å². The molecule has 3 atom stereocenters. The van der Waals surface area contributed by atoms with E-state index in [1.54, 1.807) is 5.56 Å². The highest BCUT2D eigenvalue weighted by Crippen LogP contribution is 2.64. The molecule has 0 N–H and O–H groups in total. The summed E-state index contributed by atoms with van der Waals surface area (Å²) in [7, 11) is 0. The fraction of sp³-hybridized carbons (Fsp3) is 0.159. The van der Waals surface area contributed by atoms with E-state index in [9.17, 15) is 0 Å². The summed E-state index contributed by atoms with van der Waals surface area (Å²) in [5, 5.41) is 2.53. The second kappa shape index (κ2) is 14.9. The molecule has 334 valence electrons. The van der Waals surface area contributed by atoms with Crippen molar-refractivity contribution in [3.63, 3.8) is 0 Å². The molecule has 1 heteroatoms. The van der Waals surface area contributed by atoms with Crippen molar-refractivity contribution in [3.8, 4) is 55.6 Å². The molecule has 70 heavy (non-hydrogen) atoms. The molecule has 0 aliphatic heterocycles. The number of hydrogen-bond donors (Lipinski definition) is 0. The summed E-state index contributed by atoms with van der Waals surface area (Å²) in [6, 6.07) is 83.6. The summed E-state index contributed by atoms with van der Waals surface area (Å²) in [6.45, 7) is 4.75. The Labute approximate surface area is 411 Å². The van der Waals surface area contributed by atoms with Crippen LogP contribution < -0.4 is 4.90 Å². The molecule has 10 aromatic carbocycles. The first-order valence-corrected chi connectivity index (χ1v) is 25.7. The lowest BCUT2D eigenvalue weighted by molar-refractivity contribution is 0.419. The van der Waals surface area contributed by atoms with Crippen LogP contribution in [0.4, 0.5) is 17.1 Å². The number of rotatable bonds is 6. The lowest BCUT2D eigenvalue weighted by atomic mass is 9.69. The molecule has 0 aromatic heterocycles. The summed E-state index contributed by atoms with van der Waals surface area (Å²) in [5.41, 5.74) is 25.9. The smallest absolute Gasteiger partial charge is 0.0726 e. The third-order valence-electron chi connectivity index (χ3n) is 17.8. The highest BCUT2D eigenvalue weighted by Gasteiger charge is 2.52. The van der Waals surface area contributed by atoms with Gasteiger partial charge in [0.1, 0.15) is 0 Å². The fourth-order valence-electron chi connectivity index (χ4n) is 14.7. The second-order valence-electron chi connectivity index (χ2n) is 21.5. The van der Waals surface area contributed by atoms with Crippen LogP contribution in [0.5, 0.6) is 0 Å². The fourth-order valence-corrected chi connectivity index (χ4v) is 14.7. The number of benzene rings is 10. The van der Waals surface area contributed by atoms with Crippen molar-refractivity contribution in [2.75, 3.05) is 4.90 Å². The first-order valence-electron chi connectivity index (χ1n) is 25.7. The lowest BCUT2D eigenvalue weighted by Crippen LogP contribution is -2.26. The monoisotopic (exact) mass is 895 g/mol. The van der Waals surface area contributed by atoms with E-state index >= 15 is 0 Å². The molecular weight excluding hydrogens is 843 g/mol. The van der Waals surface area contributed by atoms with E-state index in [1.807, 2.05) is 0 Å². The van der Waals surface area contributed by atoms with Crippen LogP contribution in [0.3, 0.4) is 0 Å². The third-order valence-corrected chi connectivity index (χ3v) is 17.8. The van der Waals surface area contributed by atoms with Crippen LogP contribution in [0.25, 0.3) is 66.4 Å². The molecule has 0 amide bonds. The number of anilines is 3. The van der Waals surface area contributed by atoms with Crippen molar-refractivity contribution in [1.82, 2.24) is 0 Å². The van der Waals surface area contributed by atoms with Gasteiger partial charge >= 0.3 is 0 Å². The van der Waals surface area contributed by atoms with Crippen molar-refractivity contribution in [2.24, 2.45) is 11.8 Å². The molecule has 10 aromatic rings. The van der Waals surface area contributed by atoms with E-state index in [0.717, 1.165) is 28.9 Å². The quantitative estimate of drug-likeness (QED) is 0.161. The zero-order chi connectivity index (χ0) is 46.3. The minimum absolute atomic E-state index is 0.0835. The Morgan fingerprint density at radius 2 is 0.900 bits per heavy atom. The standard InChI is InChI=1S/C69H53N/c1-68(2)61-23-9-6-20-56(61)60-41-50(34-37-62(60)68)70(49-31-28-45(29-32-49)53-22-13-17-46-16-12-21-52(67(46)53)44-14-4-3-5-15-44)51-33-36-58-57-35-30-48(59-39-43-26-27-47(59)38-43)40-65(57)69(66(58)42-51)63-24-10-7-18-54(63)55-19-8-11-25-64(55)69/h3-25,28-37,40-43,47,59H,26-27,38-39H2,1-2H3. The van der Waals surface area contributed by atoms with E-state index in [1.165, 1.54) is 125 Å². The Balaban J connectivity index is 0.940. The van der Waals surface area contributed by atoms with Crippen LogP contribution >= 0.6 is 0 Å². The summed E-state index contributed by atoms with van der Waals surface area (Å²) in [6.07, 6.45) is 5.54. The van der Waals surface area contributed by atoms with Crippen LogP contribution in [0.2, 0.25) is 0 Å². The molecule has 2 bridgehead atoms. The topological polar surface area (TPSA) is 3.24 Å². The number of fused-ring (bicyclic) bond motifs is 16. The molecule has 0 heterocycles. The molecular formula is C69H53N. The Morgan fingerprint density at radius 3 is 1.57 bits per heavy atom. The number of hydrogen-bond acceptors (Lipinski definition) is 1. The Morgan fingerprint density at radius 1 is 0.371 bits per heavy atom. The molecule has 5 aliphatic rings. The van der Waals surface area contributed by atoms with Crippen molar-refractivity contribution < 1.29 is 0 Å². The Hall–Kier alpha value is -7.74. The summed E-state index contributed by atoms with van der Waals surface area (Å²) in [4.78, 5) is 2.53. The second-order valence-corrected chi connectivity index (χ2v) is 21.5. The third kappa shape index (κ3) is 5.55. The van der Waals surface area contributed by atoms with Gasteiger partial charge in [-0.05, 0) is 179 Å². The molecule has 2 fully saturated rings. The zero-order valence-electron chi connectivity index (χ0n) is 39.8. The minimum atomic E-state index is -0.442. The van der Waals surface area contributed by atoms with Gasteiger partial charge in [-0.2, -0.15) is 0 Å². The summed E-state index contributed by atoms with van der Waals surface area (Å²) < 4.78 is 0. The van der Waals surface area contributed by atoms with Crippen molar-refractivity contribution in [2.45, 2.75) is 56.3 Å². The van der Waals surface area contributed by atoms with Gasteiger partial charge in [0.05, 0.1) is 5.41 Å². The summed E-state index contributed by atoms with van der Waals surface area (Å²) in [5.74, 6) is 2.36. The maximum absolute atomic E-state index is 2.67. The summed E-state index contributed by atoms with van der Waals surface area (Å²) >= 11 is 0. The van der Waals surface area contributed by atoms with Gasteiger partial charge in [-0.3, -0.25) is 0 Å². The van der Waals surface area contributed by atoms with Crippen LogP contribution in [0.15, 0.2) is 218 Å². The van der Waals surface area contributed by atoms with Gasteiger partial charge in [0, 0.05) is 22.5 Å². The largest absolute Gasteiger partial charge is 0.310 e. The van der Waals surface area contributed by atoms with Crippen molar-refractivity contribution in [3.05, 3.63) is 257 Å². The highest BCUT2D eigenvalue weighted by molar-refractivity contribution is 6.06. The van der Waals surface area contributed by atoms with Crippen LogP contribution in [0, 0.1) is 11.8 Å². The van der Waals surface area contributed by atoms with Crippen LogP contribution in [-0.2, 0) is 10.8 Å². The van der Waals surface area contributed by atoms with Gasteiger partial charge in [0.2, 0.25) is 0 Å². The van der Waals surface area contributed by atoms with Gasteiger partial charge in [0.25, 0.3) is 0 Å². The molecule has 3 unspecified atom stereocenters. The van der Waals surface area contributed by atoms with E-state index in [2.05, 4.69) is 237 Å². The van der Waals surface area contributed by atoms with Gasteiger partial charge in [-0.15, -0.1) is 0 Å². The predicted octanol–water partition coefficient (Wildman–Crippen LogP) is 18.2. The van der Waals surface area contributed by atoms with Crippen molar-refractivity contribution in [1.29, 1.82) is 0 Å². The zero-order valence-corrected chi connectivity index (χ0v) is 39.8. The molecule has 15 rings (SSSR count). The van der Waals surface area contributed by atoms with Gasteiger partial charge in [0.15, 0.2) is 0 Å². The highest BCUT2D eigenvalue weighted by atomic mass is 15.1. The maximum Gasteiger partial charge on any atom is 0.0726 e. The number of nitrogens with zero attached hydrogens (tertiary/aromatic N) is 1. The molecule has 0 radical (unpaired) electrons. The molecule has 5 aliphatic carbocycles. The minimum Gasteiger partial charge on any atom is -0.310 e. The van der Waals surface area contributed by atoms with Gasteiger partial charge < -0.3 is 4.90 Å². The normalized spacial score (nSPS) is 18.9. The van der Waals surface area contributed by atoms with Gasteiger partial charge in [-0.25, -0.2) is 0 Å². The maximum atomic E-state index is 2.67. The first kappa shape index (κ1) is 40.2. The molecule has 1 nitrogen and oxygen atoms in total. The lowest BCUT2D eigenvalue weighted by Gasteiger charge is -2.33. The first-order chi connectivity index (χ1) is 34.4. The Kier molecular flexibility index (Phi) is 8.54. The molecule has 0 saturated heterocycles. The van der Waals surface area contributed by atoms with E-state index < -0.39 is 5.41 Å².